The lowest BCUT2D eigenvalue weighted by Gasteiger charge is -2.33. The molecular weight excluding hydrogens is 318 g/mol. The van der Waals surface area contributed by atoms with Crippen molar-refractivity contribution in [3.8, 4) is 0 Å². The molecule has 2 saturated carbocycles. The molecule has 1 aromatic heterocycles. The van der Waals surface area contributed by atoms with E-state index >= 15 is 0 Å². The SMILES string of the molecule is CCOC(=O)c1c[nH]nc1N(C(=O)[C@H]1CC[C@H](C)CC1)C1CCCC1. The van der Waals surface area contributed by atoms with E-state index in [1.54, 1.807) is 13.1 Å². The average Bonchev–Trinajstić information content (AvgIpc) is 3.28. The molecule has 25 heavy (non-hydrogen) atoms. The van der Waals surface area contributed by atoms with Gasteiger partial charge in [0.1, 0.15) is 5.56 Å². The largest absolute Gasteiger partial charge is 0.462 e. The maximum Gasteiger partial charge on any atom is 0.343 e. The highest BCUT2D eigenvalue weighted by Crippen LogP contribution is 2.35. The van der Waals surface area contributed by atoms with Crippen LogP contribution in [0.1, 0.15) is 75.6 Å². The van der Waals surface area contributed by atoms with E-state index in [2.05, 4.69) is 17.1 Å². The maximum atomic E-state index is 13.3. The van der Waals surface area contributed by atoms with Gasteiger partial charge in [0, 0.05) is 18.2 Å². The fraction of sp³-hybridized carbons (Fsp3) is 0.737. The van der Waals surface area contributed by atoms with Crippen molar-refractivity contribution in [1.82, 2.24) is 10.2 Å². The molecule has 2 aliphatic rings. The molecule has 1 heterocycles. The standard InChI is InChI=1S/C19H29N3O3/c1-3-25-19(24)16-12-20-21-17(16)22(15-6-4-5-7-15)18(23)14-10-8-13(2)9-11-14/h12-15H,3-11H2,1-2H3,(H,20,21)/t13-,14-. The molecule has 2 fully saturated rings. The molecule has 0 saturated heterocycles. The van der Waals surface area contributed by atoms with Crippen molar-refractivity contribution in [2.45, 2.75) is 71.3 Å². The molecule has 0 aromatic carbocycles. The van der Waals surface area contributed by atoms with E-state index in [1.165, 1.54) is 0 Å². The van der Waals surface area contributed by atoms with Crippen LogP contribution in [0.15, 0.2) is 6.20 Å². The average molecular weight is 347 g/mol. The van der Waals surface area contributed by atoms with Gasteiger partial charge in [0.05, 0.1) is 6.61 Å². The van der Waals surface area contributed by atoms with Gasteiger partial charge in [-0.25, -0.2) is 4.79 Å². The van der Waals surface area contributed by atoms with Crippen LogP contribution in [0.5, 0.6) is 0 Å². The summed E-state index contributed by atoms with van der Waals surface area (Å²) >= 11 is 0. The first-order valence-electron chi connectivity index (χ1n) is 9.65. The molecule has 3 rings (SSSR count). The minimum Gasteiger partial charge on any atom is -0.462 e. The van der Waals surface area contributed by atoms with Crippen LogP contribution >= 0.6 is 0 Å². The number of ether oxygens (including phenoxy) is 1. The molecule has 1 aromatic rings. The summed E-state index contributed by atoms with van der Waals surface area (Å²) in [4.78, 5) is 27.4. The van der Waals surface area contributed by atoms with E-state index in [-0.39, 0.29) is 17.9 Å². The molecule has 0 bridgehead atoms. The second-order valence-electron chi connectivity index (χ2n) is 7.45. The number of esters is 1. The number of aromatic amines is 1. The highest BCUT2D eigenvalue weighted by molar-refractivity contribution is 6.02. The molecule has 6 heteroatoms. The van der Waals surface area contributed by atoms with Crippen molar-refractivity contribution in [2.24, 2.45) is 11.8 Å². The van der Waals surface area contributed by atoms with E-state index < -0.39 is 5.97 Å². The molecule has 0 radical (unpaired) electrons. The third-order valence-electron chi connectivity index (χ3n) is 5.64. The van der Waals surface area contributed by atoms with E-state index in [4.69, 9.17) is 4.74 Å². The Labute approximate surface area is 149 Å². The molecule has 0 unspecified atom stereocenters. The lowest BCUT2D eigenvalue weighted by Crippen LogP contribution is -2.44. The van der Waals surface area contributed by atoms with E-state index in [1.807, 2.05) is 4.90 Å². The smallest absolute Gasteiger partial charge is 0.343 e. The highest BCUT2D eigenvalue weighted by Gasteiger charge is 2.37. The van der Waals surface area contributed by atoms with Gasteiger partial charge in [-0.2, -0.15) is 5.10 Å². The Morgan fingerprint density at radius 3 is 2.52 bits per heavy atom. The lowest BCUT2D eigenvalue weighted by atomic mass is 9.82. The fourth-order valence-corrected chi connectivity index (χ4v) is 4.15. The number of rotatable bonds is 5. The topological polar surface area (TPSA) is 75.3 Å². The fourth-order valence-electron chi connectivity index (χ4n) is 4.15. The summed E-state index contributed by atoms with van der Waals surface area (Å²) in [5.74, 6) is 0.915. The van der Waals surface area contributed by atoms with Gasteiger partial charge in [-0.3, -0.25) is 14.8 Å². The molecule has 2 aliphatic carbocycles. The number of hydrogen-bond acceptors (Lipinski definition) is 4. The Hall–Kier alpha value is -1.85. The first-order valence-corrected chi connectivity index (χ1v) is 9.65. The molecule has 0 spiro atoms. The lowest BCUT2D eigenvalue weighted by molar-refractivity contribution is -0.124. The maximum absolute atomic E-state index is 13.3. The van der Waals surface area contributed by atoms with Crippen LogP contribution in [0.4, 0.5) is 5.82 Å². The first-order chi connectivity index (χ1) is 12.1. The summed E-state index contributed by atoms with van der Waals surface area (Å²) < 4.78 is 5.14. The van der Waals surface area contributed by atoms with Crippen LogP contribution in [0.25, 0.3) is 0 Å². The Morgan fingerprint density at radius 1 is 1.20 bits per heavy atom. The Kier molecular flexibility index (Phi) is 5.76. The summed E-state index contributed by atoms with van der Waals surface area (Å²) in [6.07, 6.45) is 9.80. The zero-order valence-corrected chi connectivity index (χ0v) is 15.3. The van der Waals surface area contributed by atoms with Crippen molar-refractivity contribution >= 4 is 17.7 Å². The molecule has 6 nitrogen and oxygen atoms in total. The van der Waals surface area contributed by atoms with E-state index in [9.17, 15) is 9.59 Å². The number of amides is 1. The number of carbonyl (C=O) groups excluding carboxylic acids is 2. The van der Waals surface area contributed by atoms with Gasteiger partial charge in [0.25, 0.3) is 0 Å². The number of hydrogen-bond donors (Lipinski definition) is 1. The van der Waals surface area contributed by atoms with Gasteiger partial charge in [-0.1, -0.05) is 19.8 Å². The molecule has 0 aliphatic heterocycles. The highest BCUT2D eigenvalue weighted by atomic mass is 16.5. The van der Waals surface area contributed by atoms with Gasteiger partial charge in [-0.15, -0.1) is 0 Å². The van der Waals surface area contributed by atoms with Crippen molar-refractivity contribution in [3.05, 3.63) is 11.8 Å². The Morgan fingerprint density at radius 2 is 1.88 bits per heavy atom. The normalized spacial score (nSPS) is 24.2. The summed E-state index contributed by atoms with van der Waals surface area (Å²) in [6.45, 7) is 4.34. The van der Waals surface area contributed by atoms with Gasteiger partial charge in [0.2, 0.25) is 5.91 Å². The zero-order chi connectivity index (χ0) is 17.8. The molecule has 138 valence electrons. The molecule has 1 N–H and O–H groups in total. The van der Waals surface area contributed by atoms with Crippen LogP contribution in [0.3, 0.4) is 0 Å². The van der Waals surface area contributed by atoms with Crippen molar-refractivity contribution in [2.75, 3.05) is 11.5 Å². The number of nitrogens with one attached hydrogen (secondary N) is 1. The number of nitrogens with zero attached hydrogens (tertiary/aromatic N) is 2. The van der Waals surface area contributed by atoms with Crippen LogP contribution in [-0.2, 0) is 9.53 Å². The number of aromatic nitrogens is 2. The second-order valence-corrected chi connectivity index (χ2v) is 7.45. The summed E-state index contributed by atoms with van der Waals surface area (Å²) in [5.41, 5.74) is 0.367. The van der Waals surface area contributed by atoms with Crippen molar-refractivity contribution < 1.29 is 14.3 Å². The quantitative estimate of drug-likeness (QED) is 0.824. The van der Waals surface area contributed by atoms with Crippen LogP contribution in [-0.4, -0.2) is 34.7 Å². The zero-order valence-electron chi connectivity index (χ0n) is 15.3. The molecule has 1 amide bonds. The predicted octanol–water partition coefficient (Wildman–Crippen LogP) is 3.69. The molecular formula is C19H29N3O3. The minimum atomic E-state index is -0.417. The van der Waals surface area contributed by atoms with Crippen LogP contribution in [0, 0.1) is 11.8 Å². The summed E-state index contributed by atoms with van der Waals surface area (Å²) in [5, 5.41) is 7.04. The van der Waals surface area contributed by atoms with Gasteiger partial charge in [-0.05, 0) is 51.4 Å². The minimum absolute atomic E-state index is 0.0449. The summed E-state index contributed by atoms with van der Waals surface area (Å²) in [6, 6.07) is 0.142. The third-order valence-corrected chi connectivity index (χ3v) is 5.64. The number of carbonyl (C=O) groups is 2. The monoisotopic (exact) mass is 347 g/mol. The Balaban J connectivity index is 1.87. The Bertz CT molecular complexity index is 599. The van der Waals surface area contributed by atoms with E-state index in [0.29, 0.717) is 23.9 Å². The second kappa shape index (κ2) is 8.02. The summed E-state index contributed by atoms with van der Waals surface area (Å²) in [7, 11) is 0. The first kappa shape index (κ1) is 18.0. The number of H-pyrrole nitrogens is 1. The van der Waals surface area contributed by atoms with Crippen LogP contribution < -0.4 is 4.90 Å². The van der Waals surface area contributed by atoms with Crippen molar-refractivity contribution in [3.63, 3.8) is 0 Å². The molecule has 0 atom stereocenters. The van der Waals surface area contributed by atoms with Crippen molar-refractivity contribution in [1.29, 1.82) is 0 Å². The van der Waals surface area contributed by atoms with E-state index in [0.717, 1.165) is 51.4 Å². The van der Waals surface area contributed by atoms with Gasteiger partial charge >= 0.3 is 5.97 Å². The number of anilines is 1. The predicted molar refractivity (Wildman–Crippen MR) is 95.4 cm³/mol. The van der Waals surface area contributed by atoms with Gasteiger partial charge < -0.3 is 4.74 Å². The van der Waals surface area contributed by atoms with Crippen LogP contribution in [0.2, 0.25) is 0 Å². The van der Waals surface area contributed by atoms with Gasteiger partial charge in [0.15, 0.2) is 5.82 Å². The third kappa shape index (κ3) is 3.88.